The van der Waals surface area contributed by atoms with Gasteiger partial charge in [0.2, 0.25) is 0 Å². The number of nitrogens with two attached hydrogens (primary N) is 1. The molecule has 0 radical (unpaired) electrons. The molecule has 0 aromatic heterocycles. The molecule has 0 saturated heterocycles. The molecule has 2 aromatic rings. The van der Waals surface area contributed by atoms with Crippen LogP contribution in [0.5, 0.6) is 5.75 Å². The molecule has 3 N–H and O–H groups in total. The van der Waals surface area contributed by atoms with Crippen LogP contribution in [0.3, 0.4) is 0 Å². The van der Waals surface area contributed by atoms with Crippen molar-refractivity contribution in [1.29, 1.82) is 0 Å². The Balaban J connectivity index is 1.96. The average molecular weight is 275 g/mol. The van der Waals surface area contributed by atoms with Crippen LogP contribution in [-0.4, -0.2) is 11.7 Å². The van der Waals surface area contributed by atoms with E-state index in [1.165, 1.54) is 6.07 Å². The second-order valence-electron chi connectivity index (χ2n) is 4.68. The van der Waals surface area contributed by atoms with Gasteiger partial charge in [-0.3, -0.25) is 0 Å². The van der Waals surface area contributed by atoms with Gasteiger partial charge in [-0.2, -0.15) is 0 Å². The summed E-state index contributed by atoms with van der Waals surface area (Å²) >= 11 is 0. The highest BCUT2D eigenvalue weighted by atomic mass is 19.1. The smallest absolute Gasteiger partial charge is 0.129 e. The van der Waals surface area contributed by atoms with Crippen molar-refractivity contribution >= 4 is 0 Å². The zero-order valence-electron chi connectivity index (χ0n) is 11.3. The third-order valence-corrected chi connectivity index (χ3v) is 3.15. The van der Waals surface area contributed by atoms with Crippen LogP contribution in [0.4, 0.5) is 4.39 Å². The van der Waals surface area contributed by atoms with Gasteiger partial charge in [0, 0.05) is 12.6 Å². The molecular weight excluding hydrogens is 257 g/mol. The van der Waals surface area contributed by atoms with Crippen LogP contribution in [0, 0.1) is 12.7 Å². The molecule has 2 rings (SSSR count). The van der Waals surface area contributed by atoms with Gasteiger partial charge in [-0.1, -0.05) is 30.3 Å². The van der Waals surface area contributed by atoms with Crippen molar-refractivity contribution in [1.82, 2.24) is 0 Å². The van der Waals surface area contributed by atoms with E-state index in [9.17, 15) is 9.50 Å². The van der Waals surface area contributed by atoms with Crippen LogP contribution in [0.2, 0.25) is 0 Å². The lowest BCUT2D eigenvalue weighted by Crippen LogP contribution is -2.10. The van der Waals surface area contributed by atoms with Crippen molar-refractivity contribution < 1.29 is 14.2 Å². The summed E-state index contributed by atoms with van der Waals surface area (Å²) in [5, 5.41) is 10.0. The normalized spacial score (nSPS) is 12.2. The van der Waals surface area contributed by atoms with Crippen molar-refractivity contribution in [2.24, 2.45) is 5.73 Å². The Morgan fingerprint density at radius 1 is 1.20 bits per heavy atom. The fraction of sp³-hybridized carbons (Fsp3) is 0.250. The topological polar surface area (TPSA) is 55.5 Å². The number of aryl methyl sites for hydroxylation is 1. The molecule has 1 unspecified atom stereocenters. The molecule has 0 aliphatic heterocycles. The summed E-state index contributed by atoms with van der Waals surface area (Å²) in [6, 6.07) is 12.0. The lowest BCUT2D eigenvalue weighted by Gasteiger charge is -2.13. The summed E-state index contributed by atoms with van der Waals surface area (Å²) in [5.41, 5.74) is 7.83. The summed E-state index contributed by atoms with van der Waals surface area (Å²) < 4.78 is 18.8. The van der Waals surface area contributed by atoms with Crippen molar-refractivity contribution in [2.75, 3.05) is 6.61 Å². The Hall–Kier alpha value is -1.91. The van der Waals surface area contributed by atoms with Gasteiger partial charge in [-0.15, -0.1) is 0 Å². The number of ether oxygens (including phenoxy) is 1. The molecule has 3 nitrogen and oxygen atoms in total. The number of aliphatic hydroxyl groups is 1. The third kappa shape index (κ3) is 3.56. The Morgan fingerprint density at radius 3 is 2.50 bits per heavy atom. The molecule has 0 bridgehead atoms. The van der Waals surface area contributed by atoms with E-state index in [-0.39, 0.29) is 12.4 Å². The molecule has 4 heteroatoms. The minimum atomic E-state index is -0.758. The first kappa shape index (κ1) is 14.5. The van der Waals surface area contributed by atoms with E-state index in [0.29, 0.717) is 17.9 Å². The van der Waals surface area contributed by atoms with Crippen molar-refractivity contribution in [3.05, 3.63) is 65.0 Å². The van der Waals surface area contributed by atoms with Crippen LogP contribution >= 0.6 is 0 Å². The minimum absolute atomic E-state index is 0.0739. The summed E-state index contributed by atoms with van der Waals surface area (Å²) in [7, 11) is 0. The predicted molar refractivity (Wildman–Crippen MR) is 75.9 cm³/mol. The molecular formula is C16H18FNO2. The van der Waals surface area contributed by atoms with E-state index in [2.05, 4.69) is 0 Å². The van der Waals surface area contributed by atoms with E-state index in [4.69, 9.17) is 10.5 Å². The fourth-order valence-electron chi connectivity index (χ4n) is 1.81. The third-order valence-electron chi connectivity index (χ3n) is 3.15. The lowest BCUT2D eigenvalue weighted by molar-refractivity contribution is 0.108. The number of rotatable bonds is 5. The predicted octanol–water partition coefficient (Wildman–Crippen LogP) is 2.71. The molecule has 1 atom stereocenters. The van der Waals surface area contributed by atoms with Crippen LogP contribution < -0.4 is 10.5 Å². The van der Waals surface area contributed by atoms with Gasteiger partial charge in [-0.05, 0) is 29.7 Å². The number of halogens is 1. The van der Waals surface area contributed by atoms with E-state index in [1.807, 2.05) is 24.3 Å². The highest BCUT2D eigenvalue weighted by Crippen LogP contribution is 2.19. The average Bonchev–Trinajstić information content (AvgIpc) is 2.48. The van der Waals surface area contributed by atoms with Crippen molar-refractivity contribution in [3.8, 4) is 5.75 Å². The highest BCUT2D eigenvalue weighted by Gasteiger charge is 2.09. The van der Waals surface area contributed by atoms with E-state index < -0.39 is 6.10 Å². The molecule has 2 aromatic carbocycles. The monoisotopic (exact) mass is 275 g/mol. The Bertz CT molecular complexity index is 569. The van der Waals surface area contributed by atoms with Crippen LogP contribution in [0.1, 0.15) is 22.8 Å². The zero-order chi connectivity index (χ0) is 14.5. The van der Waals surface area contributed by atoms with Gasteiger partial charge in [0.15, 0.2) is 0 Å². The maximum atomic E-state index is 13.4. The summed E-state index contributed by atoms with van der Waals surface area (Å²) in [5.74, 6) is 0.0926. The Morgan fingerprint density at radius 2 is 1.90 bits per heavy atom. The molecule has 0 fully saturated rings. The van der Waals surface area contributed by atoms with Gasteiger partial charge in [0.1, 0.15) is 24.3 Å². The summed E-state index contributed by atoms with van der Waals surface area (Å²) in [6.07, 6.45) is -0.758. The lowest BCUT2D eigenvalue weighted by atomic mass is 10.1. The Kier molecular flexibility index (Phi) is 4.71. The number of hydrogen-bond donors (Lipinski definition) is 2. The molecule has 0 aliphatic carbocycles. The zero-order valence-corrected chi connectivity index (χ0v) is 11.3. The highest BCUT2D eigenvalue weighted by molar-refractivity contribution is 5.28. The minimum Gasteiger partial charge on any atom is -0.490 e. The standard InChI is InChI=1S/C16H18FNO2/c1-11-2-7-14(8-15(11)17)20-10-16(19)13-5-3-12(9-18)4-6-13/h2-8,16,19H,9-10,18H2,1H3. The van der Waals surface area contributed by atoms with Crippen LogP contribution in [0.25, 0.3) is 0 Å². The van der Waals surface area contributed by atoms with E-state index in [1.54, 1.807) is 19.1 Å². The molecule has 0 aliphatic rings. The van der Waals surface area contributed by atoms with Crippen molar-refractivity contribution in [2.45, 2.75) is 19.6 Å². The molecule has 0 heterocycles. The number of hydrogen-bond acceptors (Lipinski definition) is 3. The van der Waals surface area contributed by atoms with Crippen LogP contribution in [-0.2, 0) is 6.54 Å². The van der Waals surface area contributed by atoms with Gasteiger partial charge >= 0.3 is 0 Å². The van der Waals surface area contributed by atoms with Gasteiger partial charge in [0.05, 0.1) is 0 Å². The second kappa shape index (κ2) is 6.50. The largest absolute Gasteiger partial charge is 0.490 e. The van der Waals surface area contributed by atoms with Gasteiger partial charge < -0.3 is 15.6 Å². The molecule has 0 spiro atoms. The van der Waals surface area contributed by atoms with E-state index in [0.717, 1.165) is 11.1 Å². The number of aliphatic hydroxyl groups excluding tert-OH is 1. The maximum Gasteiger partial charge on any atom is 0.129 e. The first-order valence-corrected chi connectivity index (χ1v) is 6.46. The van der Waals surface area contributed by atoms with Gasteiger partial charge in [-0.25, -0.2) is 4.39 Å². The first-order valence-electron chi connectivity index (χ1n) is 6.46. The van der Waals surface area contributed by atoms with Crippen LogP contribution in [0.15, 0.2) is 42.5 Å². The van der Waals surface area contributed by atoms with Gasteiger partial charge in [0.25, 0.3) is 0 Å². The molecule has 20 heavy (non-hydrogen) atoms. The fourth-order valence-corrected chi connectivity index (χ4v) is 1.81. The summed E-state index contributed by atoms with van der Waals surface area (Å²) in [6.45, 7) is 2.23. The second-order valence-corrected chi connectivity index (χ2v) is 4.68. The van der Waals surface area contributed by atoms with Crippen molar-refractivity contribution in [3.63, 3.8) is 0 Å². The molecule has 0 amide bonds. The van der Waals surface area contributed by atoms with E-state index >= 15 is 0 Å². The Labute approximate surface area is 117 Å². The maximum absolute atomic E-state index is 13.4. The molecule has 0 saturated carbocycles. The number of benzene rings is 2. The molecule has 106 valence electrons. The first-order chi connectivity index (χ1) is 9.60. The summed E-state index contributed by atoms with van der Waals surface area (Å²) in [4.78, 5) is 0. The SMILES string of the molecule is Cc1ccc(OCC(O)c2ccc(CN)cc2)cc1F. The quantitative estimate of drug-likeness (QED) is 0.882.